The lowest BCUT2D eigenvalue weighted by Crippen LogP contribution is -2.39. The summed E-state index contributed by atoms with van der Waals surface area (Å²) in [5.74, 6) is -0.461. The predicted molar refractivity (Wildman–Crippen MR) is 99.3 cm³/mol. The fourth-order valence-electron chi connectivity index (χ4n) is 2.56. The van der Waals surface area contributed by atoms with Gasteiger partial charge in [0.2, 0.25) is 0 Å². The molecule has 23 heavy (non-hydrogen) atoms. The van der Waals surface area contributed by atoms with Crippen molar-refractivity contribution < 1.29 is 14.3 Å². The topological polar surface area (TPSA) is 58.6 Å². The summed E-state index contributed by atoms with van der Waals surface area (Å²) in [7, 11) is 0. The molecule has 0 amide bonds. The number of Topliss-reactive ketones (excluding diaryl/α,β-unsaturated/α-hetero) is 1. The van der Waals surface area contributed by atoms with Crippen LogP contribution in [0.15, 0.2) is 12.1 Å². The second-order valence-corrected chi connectivity index (χ2v) is 6.93. The molecule has 0 aromatic heterocycles. The van der Waals surface area contributed by atoms with Gasteiger partial charge in [-0.3, -0.25) is 4.79 Å². The molecule has 0 saturated carbocycles. The second-order valence-electron chi connectivity index (χ2n) is 5.33. The second kappa shape index (κ2) is 8.30. The Morgan fingerprint density at radius 1 is 1.43 bits per heavy atom. The number of carbonyl (C=O) groups is 2. The molecular weight excluding hydrogens is 431 g/mol. The third kappa shape index (κ3) is 4.58. The Labute approximate surface area is 154 Å². The van der Waals surface area contributed by atoms with E-state index in [9.17, 15) is 9.59 Å². The van der Waals surface area contributed by atoms with E-state index in [2.05, 4.69) is 46.7 Å². The van der Waals surface area contributed by atoms with Crippen molar-refractivity contribution in [3.05, 3.63) is 26.3 Å². The molecule has 0 spiro atoms. The molecule has 1 atom stereocenters. The van der Waals surface area contributed by atoms with Gasteiger partial charge in [-0.05, 0) is 47.8 Å². The van der Waals surface area contributed by atoms with E-state index in [0.29, 0.717) is 29.4 Å². The smallest absolute Gasteiger partial charge is 0.329 e. The molecule has 126 valence electrons. The zero-order valence-electron chi connectivity index (χ0n) is 13.2. The van der Waals surface area contributed by atoms with Crippen LogP contribution in [0.1, 0.15) is 30.6 Å². The molecule has 5 nitrogen and oxygen atoms in total. The van der Waals surface area contributed by atoms with Gasteiger partial charge in [0.1, 0.15) is 12.6 Å². The number of esters is 1. The number of nitrogens with one attached hydrogen (secondary N) is 1. The Bertz CT molecular complexity index is 605. The van der Waals surface area contributed by atoms with E-state index in [0.717, 1.165) is 16.7 Å². The standard InChI is InChI=1S/C16H20ClIN2O3/c1-3-20(4-2)5-6-23-16(22)13-9-14(21)15-11(18)7-10(17)8-12(15)19-13/h7-8,13,19H,3-6,9H2,1-2H3. The summed E-state index contributed by atoms with van der Waals surface area (Å²) in [6.45, 7) is 6.98. The Balaban J connectivity index is 2.00. The van der Waals surface area contributed by atoms with E-state index >= 15 is 0 Å². The van der Waals surface area contributed by atoms with Gasteiger partial charge in [0.05, 0.1) is 5.56 Å². The van der Waals surface area contributed by atoms with Gasteiger partial charge >= 0.3 is 5.97 Å². The van der Waals surface area contributed by atoms with Crippen LogP contribution in [0.25, 0.3) is 0 Å². The number of ether oxygens (including phenoxy) is 1. The van der Waals surface area contributed by atoms with E-state index in [-0.39, 0.29) is 12.2 Å². The first-order chi connectivity index (χ1) is 11.0. The van der Waals surface area contributed by atoms with Gasteiger partial charge in [0, 0.05) is 27.2 Å². The fraction of sp³-hybridized carbons (Fsp3) is 0.500. The van der Waals surface area contributed by atoms with Gasteiger partial charge in [-0.25, -0.2) is 4.79 Å². The van der Waals surface area contributed by atoms with Crippen molar-refractivity contribution in [1.82, 2.24) is 4.90 Å². The van der Waals surface area contributed by atoms with E-state index in [4.69, 9.17) is 16.3 Å². The number of benzene rings is 1. The number of hydrogen-bond donors (Lipinski definition) is 1. The van der Waals surface area contributed by atoms with E-state index in [1.165, 1.54) is 0 Å². The molecule has 7 heteroatoms. The number of likely N-dealkylation sites (N-methyl/N-ethyl adjacent to an activating group) is 1. The number of rotatable bonds is 6. The SMILES string of the molecule is CCN(CC)CCOC(=O)C1CC(=O)c2c(I)cc(Cl)cc2N1. The third-order valence-electron chi connectivity index (χ3n) is 3.88. The van der Waals surface area contributed by atoms with Crippen LogP contribution in [0.5, 0.6) is 0 Å². The van der Waals surface area contributed by atoms with Crippen LogP contribution < -0.4 is 5.32 Å². The Kier molecular flexibility index (Phi) is 6.67. The highest BCUT2D eigenvalue weighted by Crippen LogP contribution is 2.32. The van der Waals surface area contributed by atoms with Gasteiger partial charge in [-0.2, -0.15) is 0 Å². The van der Waals surface area contributed by atoms with Crippen LogP contribution in [0.4, 0.5) is 5.69 Å². The van der Waals surface area contributed by atoms with Crippen LogP contribution in [0.2, 0.25) is 5.02 Å². The number of ketones is 1. The maximum absolute atomic E-state index is 12.3. The van der Waals surface area contributed by atoms with E-state index in [1.54, 1.807) is 12.1 Å². The summed E-state index contributed by atoms with van der Waals surface area (Å²) in [6, 6.07) is 2.76. The van der Waals surface area contributed by atoms with E-state index in [1.807, 2.05) is 0 Å². The van der Waals surface area contributed by atoms with Crippen LogP contribution >= 0.6 is 34.2 Å². The molecule has 0 aliphatic carbocycles. The highest BCUT2D eigenvalue weighted by Gasteiger charge is 2.32. The molecule has 1 aromatic carbocycles. The van der Waals surface area contributed by atoms with Gasteiger partial charge in [-0.1, -0.05) is 25.4 Å². The molecule has 0 radical (unpaired) electrons. The third-order valence-corrected chi connectivity index (χ3v) is 4.95. The average Bonchev–Trinajstić information content (AvgIpc) is 2.50. The largest absolute Gasteiger partial charge is 0.463 e. The number of fused-ring (bicyclic) bond motifs is 1. The quantitative estimate of drug-likeness (QED) is 0.533. The van der Waals surface area contributed by atoms with Crippen molar-refractivity contribution in [3.63, 3.8) is 0 Å². The van der Waals surface area contributed by atoms with Gasteiger partial charge < -0.3 is 15.0 Å². The summed E-state index contributed by atoms with van der Waals surface area (Å²) in [5.41, 5.74) is 1.20. The summed E-state index contributed by atoms with van der Waals surface area (Å²) in [4.78, 5) is 26.7. The summed E-state index contributed by atoms with van der Waals surface area (Å²) < 4.78 is 6.10. The highest BCUT2D eigenvalue weighted by atomic mass is 127. The number of nitrogens with zero attached hydrogens (tertiary/aromatic N) is 1. The lowest BCUT2D eigenvalue weighted by molar-refractivity contribution is -0.145. The number of carbonyl (C=O) groups excluding carboxylic acids is 2. The lowest BCUT2D eigenvalue weighted by atomic mass is 9.97. The van der Waals surface area contributed by atoms with Crippen LogP contribution in [-0.4, -0.2) is 48.9 Å². The fourth-order valence-corrected chi connectivity index (χ4v) is 3.88. The monoisotopic (exact) mass is 450 g/mol. The van der Waals surface area contributed by atoms with Crippen molar-refractivity contribution in [2.24, 2.45) is 0 Å². The average molecular weight is 451 g/mol. The van der Waals surface area contributed by atoms with Crippen molar-refractivity contribution in [3.8, 4) is 0 Å². The first-order valence-corrected chi connectivity index (χ1v) is 9.09. The predicted octanol–water partition coefficient (Wildman–Crippen LogP) is 3.20. The number of anilines is 1. The minimum atomic E-state index is -0.652. The van der Waals surface area contributed by atoms with Crippen molar-refractivity contribution >= 4 is 51.6 Å². The molecule has 0 fully saturated rings. The molecule has 1 heterocycles. The molecular formula is C16H20ClIN2O3. The van der Waals surface area contributed by atoms with Crippen LogP contribution in [-0.2, 0) is 9.53 Å². The highest BCUT2D eigenvalue weighted by molar-refractivity contribution is 14.1. The van der Waals surface area contributed by atoms with Gasteiger partial charge in [0.15, 0.2) is 5.78 Å². The lowest BCUT2D eigenvalue weighted by Gasteiger charge is -2.26. The maximum atomic E-state index is 12.3. The molecule has 1 N–H and O–H groups in total. The molecule has 1 unspecified atom stereocenters. The molecule has 1 aromatic rings. The van der Waals surface area contributed by atoms with Crippen molar-refractivity contribution in [2.45, 2.75) is 26.3 Å². The summed E-state index contributed by atoms with van der Waals surface area (Å²) in [5, 5.41) is 3.61. The van der Waals surface area contributed by atoms with Crippen LogP contribution in [0.3, 0.4) is 0 Å². The minimum Gasteiger partial charge on any atom is -0.463 e. The van der Waals surface area contributed by atoms with Gasteiger partial charge in [0.25, 0.3) is 0 Å². The number of halogens is 2. The summed E-state index contributed by atoms with van der Waals surface area (Å²) in [6.07, 6.45) is 0.106. The molecule has 2 rings (SSSR count). The zero-order valence-corrected chi connectivity index (χ0v) is 16.1. The first-order valence-electron chi connectivity index (χ1n) is 7.64. The Morgan fingerprint density at radius 2 is 2.13 bits per heavy atom. The normalized spacial score (nSPS) is 16.9. The van der Waals surface area contributed by atoms with Crippen molar-refractivity contribution in [2.75, 3.05) is 31.6 Å². The maximum Gasteiger partial charge on any atom is 0.329 e. The minimum absolute atomic E-state index is 0.0643. The molecule has 1 aliphatic rings. The first kappa shape index (κ1) is 18.5. The summed E-state index contributed by atoms with van der Waals surface area (Å²) >= 11 is 8.11. The zero-order chi connectivity index (χ0) is 17.0. The number of hydrogen-bond acceptors (Lipinski definition) is 5. The van der Waals surface area contributed by atoms with Crippen LogP contribution in [0, 0.1) is 3.57 Å². The molecule has 0 bridgehead atoms. The van der Waals surface area contributed by atoms with Crippen molar-refractivity contribution in [1.29, 1.82) is 0 Å². The molecule has 1 aliphatic heterocycles. The Hall–Kier alpha value is -0.860. The van der Waals surface area contributed by atoms with Gasteiger partial charge in [-0.15, -0.1) is 0 Å². The van der Waals surface area contributed by atoms with E-state index < -0.39 is 12.0 Å². The Morgan fingerprint density at radius 3 is 2.78 bits per heavy atom. The molecule has 0 saturated heterocycles.